The monoisotopic (exact) mass is 454 g/mol. The first-order chi connectivity index (χ1) is 15.1. The number of aryl methyl sites for hydroxylation is 1. The molecule has 1 fully saturated rings. The van der Waals surface area contributed by atoms with Gasteiger partial charge in [0.05, 0.1) is 34.7 Å². The maximum absolute atomic E-state index is 11.3. The van der Waals surface area contributed by atoms with E-state index in [1.54, 1.807) is 11.3 Å². The summed E-state index contributed by atoms with van der Waals surface area (Å²) in [7, 11) is 0. The molecular formula is C21H22N6O2S2. The summed E-state index contributed by atoms with van der Waals surface area (Å²) >= 11 is 2.95. The summed E-state index contributed by atoms with van der Waals surface area (Å²) in [4.78, 5) is 13.4. The summed E-state index contributed by atoms with van der Waals surface area (Å²) < 4.78 is 9.88. The molecule has 0 spiro atoms. The number of rotatable bonds is 7. The predicted molar refractivity (Wildman–Crippen MR) is 122 cm³/mol. The number of fused-ring (bicyclic) bond motifs is 1. The van der Waals surface area contributed by atoms with Gasteiger partial charge in [0.25, 0.3) is 0 Å². The molecule has 10 heteroatoms. The molecule has 1 amide bonds. The lowest BCUT2D eigenvalue weighted by Crippen LogP contribution is -2.18. The number of thiophene rings is 1. The van der Waals surface area contributed by atoms with Gasteiger partial charge in [-0.25, -0.2) is 4.68 Å². The average molecular weight is 455 g/mol. The molecule has 0 radical (unpaired) electrons. The summed E-state index contributed by atoms with van der Waals surface area (Å²) in [5.74, 6) is 0.569. The van der Waals surface area contributed by atoms with E-state index in [0.717, 1.165) is 51.7 Å². The van der Waals surface area contributed by atoms with Gasteiger partial charge in [0.15, 0.2) is 11.0 Å². The zero-order valence-corrected chi connectivity index (χ0v) is 18.7. The molecule has 5 rings (SSSR count). The highest BCUT2D eigenvalue weighted by atomic mass is 32.2. The molecule has 0 unspecified atom stereocenters. The van der Waals surface area contributed by atoms with Crippen molar-refractivity contribution in [2.75, 3.05) is 12.4 Å². The van der Waals surface area contributed by atoms with Gasteiger partial charge in [-0.05, 0) is 38.0 Å². The Morgan fingerprint density at radius 2 is 2.16 bits per heavy atom. The molecule has 0 bridgehead atoms. The van der Waals surface area contributed by atoms with Crippen LogP contribution in [-0.4, -0.2) is 48.9 Å². The van der Waals surface area contributed by atoms with Crippen LogP contribution in [0.3, 0.4) is 0 Å². The molecular weight excluding hydrogens is 432 g/mol. The van der Waals surface area contributed by atoms with Crippen LogP contribution in [0.5, 0.6) is 0 Å². The fraction of sp³-hybridized carbons (Fsp3) is 0.333. The largest absolute Gasteiger partial charge is 0.376 e. The Balaban J connectivity index is 1.56. The fourth-order valence-electron chi connectivity index (χ4n) is 3.77. The molecule has 31 heavy (non-hydrogen) atoms. The second kappa shape index (κ2) is 8.45. The first kappa shape index (κ1) is 20.2. The Bertz CT molecular complexity index is 1220. The van der Waals surface area contributed by atoms with Gasteiger partial charge in [0, 0.05) is 12.0 Å². The highest BCUT2D eigenvalue weighted by Crippen LogP contribution is 2.37. The van der Waals surface area contributed by atoms with Gasteiger partial charge < -0.3 is 10.5 Å². The molecule has 0 aliphatic carbocycles. The zero-order chi connectivity index (χ0) is 21.4. The van der Waals surface area contributed by atoms with Gasteiger partial charge in [-0.1, -0.05) is 30.0 Å². The number of aromatic nitrogens is 5. The minimum atomic E-state index is -0.376. The molecule has 4 aromatic rings. The summed E-state index contributed by atoms with van der Waals surface area (Å²) in [6, 6.07) is 12.2. The van der Waals surface area contributed by atoms with Crippen LogP contribution in [0.4, 0.5) is 0 Å². The van der Waals surface area contributed by atoms with Gasteiger partial charge in [0.2, 0.25) is 5.91 Å². The van der Waals surface area contributed by atoms with E-state index in [0.29, 0.717) is 11.7 Å². The average Bonchev–Trinajstić information content (AvgIpc) is 3.54. The van der Waals surface area contributed by atoms with E-state index < -0.39 is 0 Å². The number of nitrogens with zero attached hydrogens (tertiary/aromatic N) is 5. The smallest absolute Gasteiger partial charge is 0.227 e. The van der Waals surface area contributed by atoms with Crippen LogP contribution in [-0.2, 0) is 16.1 Å². The molecule has 0 saturated carbocycles. The number of primary amides is 1. The highest BCUT2D eigenvalue weighted by molar-refractivity contribution is 7.99. The van der Waals surface area contributed by atoms with Crippen molar-refractivity contribution in [1.82, 2.24) is 24.5 Å². The Hall–Kier alpha value is -2.69. The van der Waals surface area contributed by atoms with Crippen LogP contribution in [0.1, 0.15) is 18.5 Å². The summed E-state index contributed by atoms with van der Waals surface area (Å²) in [5.41, 5.74) is 7.34. The van der Waals surface area contributed by atoms with Crippen molar-refractivity contribution in [3.8, 4) is 16.4 Å². The van der Waals surface area contributed by atoms with Gasteiger partial charge >= 0.3 is 0 Å². The van der Waals surface area contributed by atoms with Crippen molar-refractivity contribution in [3.05, 3.63) is 42.1 Å². The lowest BCUT2D eigenvalue weighted by Gasteiger charge is -2.13. The number of amides is 1. The van der Waals surface area contributed by atoms with E-state index >= 15 is 0 Å². The lowest BCUT2D eigenvalue weighted by atomic mass is 10.2. The number of hydrogen-bond acceptors (Lipinski definition) is 7. The minimum absolute atomic E-state index is 0.124. The molecule has 4 heterocycles. The number of benzene rings is 1. The quantitative estimate of drug-likeness (QED) is 0.430. The third-order valence-corrected chi connectivity index (χ3v) is 7.33. The number of carbonyl (C=O) groups is 1. The van der Waals surface area contributed by atoms with Crippen molar-refractivity contribution < 1.29 is 9.53 Å². The van der Waals surface area contributed by atoms with Crippen molar-refractivity contribution in [1.29, 1.82) is 0 Å². The van der Waals surface area contributed by atoms with Gasteiger partial charge in [-0.2, -0.15) is 5.10 Å². The minimum Gasteiger partial charge on any atom is -0.376 e. The second-order valence-corrected chi connectivity index (χ2v) is 9.44. The van der Waals surface area contributed by atoms with Crippen molar-refractivity contribution in [2.24, 2.45) is 5.73 Å². The van der Waals surface area contributed by atoms with Crippen molar-refractivity contribution in [3.63, 3.8) is 0 Å². The van der Waals surface area contributed by atoms with E-state index in [9.17, 15) is 4.79 Å². The van der Waals surface area contributed by atoms with Crippen molar-refractivity contribution in [2.45, 2.75) is 37.6 Å². The number of para-hydroxylation sites is 1. The topological polar surface area (TPSA) is 101 Å². The van der Waals surface area contributed by atoms with Crippen LogP contribution in [0, 0.1) is 6.92 Å². The lowest BCUT2D eigenvalue weighted by molar-refractivity contribution is -0.115. The fourth-order valence-corrected chi connectivity index (χ4v) is 5.64. The van der Waals surface area contributed by atoms with Gasteiger partial charge in [-0.15, -0.1) is 21.5 Å². The van der Waals surface area contributed by atoms with E-state index in [-0.39, 0.29) is 17.8 Å². The van der Waals surface area contributed by atoms with Crippen LogP contribution in [0.2, 0.25) is 0 Å². The summed E-state index contributed by atoms with van der Waals surface area (Å²) in [6.45, 7) is 3.45. The Morgan fingerprint density at radius 1 is 1.32 bits per heavy atom. The third kappa shape index (κ3) is 3.98. The molecule has 1 atom stereocenters. The maximum atomic E-state index is 11.3. The van der Waals surface area contributed by atoms with Gasteiger partial charge in [-0.3, -0.25) is 9.36 Å². The van der Waals surface area contributed by atoms with E-state index in [1.807, 2.05) is 41.9 Å². The van der Waals surface area contributed by atoms with E-state index in [1.165, 1.54) is 11.8 Å². The van der Waals surface area contributed by atoms with E-state index in [4.69, 9.17) is 15.6 Å². The highest BCUT2D eigenvalue weighted by Gasteiger charge is 2.24. The zero-order valence-electron chi connectivity index (χ0n) is 17.0. The van der Waals surface area contributed by atoms with Gasteiger partial charge in [0.1, 0.15) is 4.83 Å². The molecule has 1 aliphatic heterocycles. The van der Waals surface area contributed by atoms with Crippen LogP contribution < -0.4 is 5.73 Å². The second-order valence-electron chi connectivity index (χ2n) is 7.47. The van der Waals surface area contributed by atoms with E-state index in [2.05, 4.69) is 20.8 Å². The molecule has 1 saturated heterocycles. The number of nitrogens with two attached hydrogens (primary N) is 1. The molecule has 2 N–H and O–H groups in total. The number of ether oxygens (including phenoxy) is 1. The Morgan fingerprint density at radius 3 is 2.90 bits per heavy atom. The normalized spacial score (nSPS) is 16.4. The SMILES string of the molecule is Cc1nn(-c2ccccc2)c2sc(-c3nnc(SCC(N)=O)n3C[C@H]3CCCO3)cc12. The summed E-state index contributed by atoms with van der Waals surface area (Å²) in [5, 5.41) is 15.3. The predicted octanol–water partition coefficient (Wildman–Crippen LogP) is 3.41. The Labute approximate surface area is 187 Å². The number of thioether (sulfide) groups is 1. The Kier molecular flexibility index (Phi) is 5.51. The third-order valence-electron chi connectivity index (χ3n) is 5.24. The first-order valence-corrected chi connectivity index (χ1v) is 11.9. The van der Waals surface area contributed by atoms with Crippen LogP contribution >= 0.6 is 23.1 Å². The van der Waals surface area contributed by atoms with Crippen LogP contribution in [0.25, 0.3) is 26.6 Å². The molecule has 8 nitrogen and oxygen atoms in total. The number of hydrogen-bond donors (Lipinski definition) is 1. The molecule has 160 valence electrons. The molecule has 1 aliphatic rings. The maximum Gasteiger partial charge on any atom is 0.227 e. The van der Waals surface area contributed by atoms with Crippen molar-refractivity contribution >= 4 is 39.2 Å². The molecule has 3 aromatic heterocycles. The number of carbonyl (C=O) groups excluding carboxylic acids is 1. The summed E-state index contributed by atoms with van der Waals surface area (Å²) in [6.07, 6.45) is 2.19. The van der Waals surface area contributed by atoms with Crippen LogP contribution in [0.15, 0.2) is 41.6 Å². The first-order valence-electron chi connectivity index (χ1n) is 10.1. The molecule has 1 aromatic carbocycles. The standard InChI is InChI=1S/C21H22N6O2S2/c1-13-16-10-17(31-20(16)27(25-13)14-6-3-2-4-7-14)19-23-24-21(30-12-18(22)28)26(19)11-15-8-5-9-29-15/h2-4,6-7,10,15H,5,8-9,11-12H2,1H3,(H2,22,28)/t15-/m1/s1.